The molecular weight excluding hydrogens is 1080 g/mol. The first-order chi connectivity index (χ1) is 42.6. The van der Waals surface area contributed by atoms with E-state index < -0.39 is 24.3 Å². The van der Waals surface area contributed by atoms with Gasteiger partial charge in [0.25, 0.3) is 0 Å². The molecule has 0 amide bonds. The number of aliphatic carboxylic acids is 1. The van der Waals surface area contributed by atoms with Crippen LogP contribution in [-0.4, -0.2) is 82.3 Å². The van der Waals surface area contributed by atoms with Gasteiger partial charge >= 0.3 is 11.9 Å². The lowest BCUT2D eigenvalue weighted by molar-refractivity contribution is -0.870. The second-order valence-electron chi connectivity index (χ2n) is 25.5. The number of hydrogen-bond donors (Lipinski definition) is 0. The molecule has 0 radical (unpaired) electrons. The summed E-state index contributed by atoms with van der Waals surface area (Å²) < 4.78 is 22.7. The molecule has 0 aromatic carbocycles. The number of rotatable bonds is 67. The summed E-state index contributed by atoms with van der Waals surface area (Å²) >= 11 is 0. The molecule has 9 heteroatoms. The molecule has 0 bridgehead atoms. The van der Waals surface area contributed by atoms with Gasteiger partial charge in [-0.05, 0) is 77.0 Å². The van der Waals surface area contributed by atoms with E-state index in [1.165, 1.54) is 205 Å². The number of carboxylic acids is 1. The van der Waals surface area contributed by atoms with Crippen LogP contribution in [0, 0.1) is 0 Å². The molecule has 0 fully saturated rings. The van der Waals surface area contributed by atoms with Crippen LogP contribution >= 0.6 is 0 Å². The van der Waals surface area contributed by atoms with Gasteiger partial charge in [-0.1, -0.05) is 329 Å². The number of carbonyl (C=O) groups is 3. The number of allylic oxidation sites excluding steroid dienone is 16. The van der Waals surface area contributed by atoms with Crippen LogP contribution in [0.25, 0.3) is 0 Å². The lowest BCUT2D eigenvalue weighted by atomic mass is 10.0. The molecule has 2 unspecified atom stereocenters. The van der Waals surface area contributed by atoms with E-state index >= 15 is 0 Å². The van der Waals surface area contributed by atoms with E-state index in [1.807, 2.05) is 21.1 Å². The summed E-state index contributed by atoms with van der Waals surface area (Å²) in [5.74, 6) is -2.34. The van der Waals surface area contributed by atoms with Gasteiger partial charge in [0.15, 0.2) is 12.4 Å². The molecule has 0 saturated heterocycles. The number of esters is 2. The Kier molecular flexibility index (Phi) is 65.2. The summed E-state index contributed by atoms with van der Waals surface area (Å²) in [5.41, 5.74) is 0. The maximum Gasteiger partial charge on any atom is 0.306 e. The summed E-state index contributed by atoms with van der Waals surface area (Å²) in [4.78, 5) is 37.5. The molecule has 0 aliphatic rings. The van der Waals surface area contributed by atoms with Crippen molar-refractivity contribution in [3.05, 3.63) is 97.2 Å². The van der Waals surface area contributed by atoms with Gasteiger partial charge in [-0.25, -0.2) is 0 Å². The van der Waals surface area contributed by atoms with Crippen LogP contribution in [0.15, 0.2) is 97.2 Å². The number of likely N-dealkylation sites (N-methyl/N-ethyl adjacent to an activating group) is 1. The molecule has 0 heterocycles. The Labute approximate surface area is 537 Å². The van der Waals surface area contributed by atoms with Crippen molar-refractivity contribution in [3.8, 4) is 0 Å². The van der Waals surface area contributed by atoms with Gasteiger partial charge in [0.1, 0.15) is 13.2 Å². The number of unbranched alkanes of at least 4 members (excludes halogenated alkanes) is 36. The minimum absolute atomic E-state index is 0.135. The molecule has 0 spiro atoms. The molecule has 0 aromatic heterocycles. The minimum Gasteiger partial charge on any atom is -0.545 e. The van der Waals surface area contributed by atoms with Crippen molar-refractivity contribution >= 4 is 17.9 Å². The number of ether oxygens (including phenoxy) is 4. The van der Waals surface area contributed by atoms with E-state index in [-0.39, 0.29) is 38.6 Å². The van der Waals surface area contributed by atoms with E-state index in [1.54, 1.807) is 0 Å². The second kappa shape index (κ2) is 68.1. The first-order valence-corrected chi connectivity index (χ1v) is 36.4. The molecule has 87 heavy (non-hydrogen) atoms. The average Bonchev–Trinajstić information content (AvgIpc) is 3.56. The predicted octanol–water partition coefficient (Wildman–Crippen LogP) is 21.5. The molecule has 9 nitrogen and oxygen atoms in total. The third-order valence-corrected chi connectivity index (χ3v) is 15.8. The largest absolute Gasteiger partial charge is 0.545 e. The van der Waals surface area contributed by atoms with Gasteiger partial charge in [-0.3, -0.25) is 9.59 Å². The standard InChI is InChI=1S/C78H137NO8/c1-6-8-10-12-14-16-18-20-22-24-26-28-30-32-34-35-36-37-38-39-40-41-43-44-46-48-50-52-54-56-58-60-62-64-66-68-75(80)85-72-74(73-86-78(77(82)83)84-71-70-79(3,4)5)87-76(81)69-67-65-63-61-59-57-55-53-51-49-47-45-42-33-31-29-27-25-23-21-19-17-15-13-11-9-7-2/h9,11,15,17,21,23,27,29,33,42,47,49,53,55,59,61,74,78H,6-8,10,12-14,16,18-20,22,24-26,28,30-32,34-41,43-46,48,50-52,54,56-58,60,62-73H2,1-5H3/b11-9-,17-15-,23-21-,29-27-,42-33-,49-47-,55-53-,61-59-. The van der Waals surface area contributed by atoms with Gasteiger partial charge in [-0.2, -0.15) is 0 Å². The SMILES string of the molecule is CC/C=C\C/C=C\C/C=C\C/C=C\C/C=C\C/C=C\C/C=C\C/C=C\CCCCC(=O)OC(COC(=O)CCCCCCCCCCCCCCCCCCCCCCCCCCCCCCCCCCCCC)COC(OCC[N+](C)(C)C)C(=O)[O-]. The van der Waals surface area contributed by atoms with Crippen molar-refractivity contribution < 1.29 is 42.9 Å². The highest BCUT2D eigenvalue weighted by atomic mass is 16.7. The van der Waals surface area contributed by atoms with E-state index in [0.717, 1.165) is 83.5 Å². The van der Waals surface area contributed by atoms with Crippen molar-refractivity contribution in [2.24, 2.45) is 0 Å². The van der Waals surface area contributed by atoms with Gasteiger partial charge in [-0.15, -0.1) is 0 Å². The highest BCUT2D eigenvalue weighted by molar-refractivity contribution is 5.70. The van der Waals surface area contributed by atoms with Crippen LogP contribution in [0.4, 0.5) is 0 Å². The van der Waals surface area contributed by atoms with Crippen LogP contribution in [0.1, 0.15) is 322 Å². The summed E-state index contributed by atoms with van der Waals surface area (Å²) in [6, 6.07) is 0. The lowest BCUT2D eigenvalue weighted by Crippen LogP contribution is -2.44. The zero-order valence-electron chi connectivity index (χ0n) is 57.4. The van der Waals surface area contributed by atoms with E-state index in [0.29, 0.717) is 17.4 Å². The maximum atomic E-state index is 12.9. The first kappa shape index (κ1) is 83.2. The normalized spacial score (nSPS) is 13.3. The fourth-order valence-corrected chi connectivity index (χ4v) is 10.3. The number of carboxylic acid groups (broad SMARTS) is 1. The van der Waals surface area contributed by atoms with Gasteiger partial charge in [0.05, 0.1) is 40.3 Å². The van der Waals surface area contributed by atoms with Gasteiger partial charge in [0, 0.05) is 12.8 Å². The Bertz CT molecular complexity index is 1750. The summed E-state index contributed by atoms with van der Waals surface area (Å²) in [5, 5.41) is 11.8. The monoisotopic (exact) mass is 1220 g/mol. The number of nitrogens with zero attached hydrogens (tertiary/aromatic N) is 1. The van der Waals surface area contributed by atoms with Crippen molar-refractivity contribution in [2.75, 3.05) is 47.5 Å². The van der Waals surface area contributed by atoms with E-state index in [9.17, 15) is 19.5 Å². The lowest BCUT2D eigenvalue weighted by Gasteiger charge is -2.26. The molecule has 0 rings (SSSR count). The fourth-order valence-electron chi connectivity index (χ4n) is 10.3. The Hall–Kier alpha value is -3.79. The molecule has 0 aromatic rings. The topological polar surface area (TPSA) is 111 Å². The fraction of sp³-hybridized carbons (Fsp3) is 0.756. The number of hydrogen-bond acceptors (Lipinski definition) is 8. The summed E-state index contributed by atoms with van der Waals surface area (Å²) in [6.45, 7) is 4.62. The van der Waals surface area contributed by atoms with Gasteiger partial charge in [0.2, 0.25) is 0 Å². The minimum atomic E-state index is -1.64. The summed E-state index contributed by atoms with van der Waals surface area (Å²) in [7, 11) is 5.91. The van der Waals surface area contributed by atoms with Gasteiger partial charge < -0.3 is 33.3 Å². The van der Waals surface area contributed by atoms with Crippen LogP contribution in [0.2, 0.25) is 0 Å². The van der Waals surface area contributed by atoms with Crippen molar-refractivity contribution in [1.29, 1.82) is 0 Å². The molecule has 0 aliphatic heterocycles. The van der Waals surface area contributed by atoms with Crippen LogP contribution < -0.4 is 5.11 Å². The van der Waals surface area contributed by atoms with Crippen molar-refractivity contribution in [2.45, 2.75) is 334 Å². The smallest absolute Gasteiger partial charge is 0.306 e. The highest BCUT2D eigenvalue weighted by Crippen LogP contribution is 2.18. The summed E-state index contributed by atoms with van der Waals surface area (Å²) in [6.07, 6.45) is 90.9. The zero-order valence-corrected chi connectivity index (χ0v) is 57.4. The second-order valence-corrected chi connectivity index (χ2v) is 25.5. The predicted molar refractivity (Wildman–Crippen MR) is 371 cm³/mol. The molecule has 0 saturated carbocycles. The molecular formula is C78H137NO8. The molecule has 502 valence electrons. The Morgan fingerprint density at radius 3 is 0.977 bits per heavy atom. The number of quaternary nitrogens is 1. The molecule has 0 aliphatic carbocycles. The highest BCUT2D eigenvalue weighted by Gasteiger charge is 2.22. The Morgan fingerprint density at radius 1 is 0.356 bits per heavy atom. The van der Waals surface area contributed by atoms with Crippen LogP contribution in [0.5, 0.6) is 0 Å². The average molecular weight is 1220 g/mol. The Morgan fingerprint density at radius 2 is 0.655 bits per heavy atom. The third kappa shape index (κ3) is 69.5. The van der Waals surface area contributed by atoms with E-state index in [2.05, 4.69) is 111 Å². The zero-order chi connectivity index (χ0) is 63.3. The van der Waals surface area contributed by atoms with Crippen LogP contribution in [-0.2, 0) is 33.3 Å². The van der Waals surface area contributed by atoms with Crippen molar-refractivity contribution in [1.82, 2.24) is 0 Å². The van der Waals surface area contributed by atoms with Crippen molar-refractivity contribution in [3.63, 3.8) is 0 Å². The first-order valence-electron chi connectivity index (χ1n) is 36.4. The Balaban J connectivity index is 4.12. The number of carbonyl (C=O) groups excluding carboxylic acids is 3. The third-order valence-electron chi connectivity index (χ3n) is 15.8. The maximum absolute atomic E-state index is 12.9. The quantitative estimate of drug-likeness (QED) is 0.0195. The van der Waals surface area contributed by atoms with Crippen LogP contribution in [0.3, 0.4) is 0 Å². The van der Waals surface area contributed by atoms with E-state index in [4.69, 9.17) is 18.9 Å². The molecule has 2 atom stereocenters. The molecule has 0 N–H and O–H groups in total.